The number of amides is 2. The van der Waals surface area contributed by atoms with Crippen LogP contribution in [0.4, 0.5) is 4.39 Å². The minimum absolute atomic E-state index is 0.0654. The first kappa shape index (κ1) is 28.9. The van der Waals surface area contributed by atoms with Gasteiger partial charge in [-0.25, -0.2) is 4.39 Å². The Morgan fingerprint density at radius 1 is 0.905 bits per heavy atom. The van der Waals surface area contributed by atoms with Crippen molar-refractivity contribution in [3.63, 3.8) is 0 Å². The molecule has 2 amide bonds. The van der Waals surface area contributed by atoms with Gasteiger partial charge in [-0.3, -0.25) is 14.5 Å². The Balaban J connectivity index is 1.08. The van der Waals surface area contributed by atoms with Crippen molar-refractivity contribution in [1.29, 1.82) is 0 Å². The Hall–Kier alpha value is -4.61. The third-order valence-electron chi connectivity index (χ3n) is 6.87. The van der Waals surface area contributed by atoms with Crippen LogP contribution in [0.15, 0.2) is 83.4 Å². The van der Waals surface area contributed by atoms with Gasteiger partial charge >= 0.3 is 0 Å². The molecule has 0 aliphatic carbocycles. The van der Waals surface area contributed by atoms with E-state index in [9.17, 15) is 14.0 Å². The maximum absolute atomic E-state index is 13.2. The third-order valence-corrected chi connectivity index (χ3v) is 6.87. The molecule has 1 aliphatic heterocycles. The Bertz CT molecular complexity index is 1440. The summed E-state index contributed by atoms with van der Waals surface area (Å²) >= 11 is 0. The van der Waals surface area contributed by atoms with E-state index in [0.717, 1.165) is 30.0 Å². The maximum atomic E-state index is 13.2. The summed E-state index contributed by atoms with van der Waals surface area (Å²) in [5.41, 5.74) is 2.22. The summed E-state index contributed by atoms with van der Waals surface area (Å²) in [4.78, 5) is 31.7. The first-order valence-corrected chi connectivity index (χ1v) is 13.8. The molecule has 0 spiro atoms. The van der Waals surface area contributed by atoms with Crippen molar-refractivity contribution in [2.45, 2.75) is 12.5 Å². The lowest BCUT2D eigenvalue weighted by Gasteiger charge is -2.34. The highest BCUT2D eigenvalue weighted by Crippen LogP contribution is 2.20. The summed E-state index contributed by atoms with van der Waals surface area (Å²) in [6.45, 7) is 3.73. The van der Waals surface area contributed by atoms with Crippen molar-refractivity contribution in [3.05, 3.63) is 102 Å². The SMILES string of the molecule is O=C(NCCc1nc(C(=O)NCC(COc2ccccc2)N2CCOCC2)no1)c1ccc(-c2ccc(F)cc2)cc1. The van der Waals surface area contributed by atoms with E-state index >= 15 is 0 Å². The molecule has 218 valence electrons. The molecule has 0 bridgehead atoms. The number of rotatable bonds is 12. The van der Waals surface area contributed by atoms with Crippen molar-refractivity contribution in [2.24, 2.45) is 0 Å². The Morgan fingerprint density at radius 3 is 2.31 bits per heavy atom. The third kappa shape index (κ3) is 7.99. The van der Waals surface area contributed by atoms with Gasteiger partial charge in [-0.2, -0.15) is 4.98 Å². The highest BCUT2D eigenvalue weighted by Gasteiger charge is 2.24. The largest absolute Gasteiger partial charge is 0.492 e. The van der Waals surface area contributed by atoms with E-state index in [1.807, 2.05) is 42.5 Å². The number of morpholine rings is 1. The van der Waals surface area contributed by atoms with E-state index in [0.29, 0.717) is 31.9 Å². The summed E-state index contributed by atoms with van der Waals surface area (Å²) in [5, 5.41) is 9.50. The fourth-order valence-corrected chi connectivity index (χ4v) is 4.52. The highest BCUT2D eigenvalue weighted by atomic mass is 19.1. The number of hydrogen-bond acceptors (Lipinski definition) is 8. The average molecular weight is 574 g/mol. The van der Waals surface area contributed by atoms with Gasteiger partial charge in [0, 0.05) is 38.2 Å². The zero-order valence-electron chi connectivity index (χ0n) is 23.0. The molecule has 0 saturated carbocycles. The van der Waals surface area contributed by atoms with Crippen LogP contribution in [-0.4, -0.2) is 78.9 Å². The van der Waals surface area contributed by atoms with Gasteiger partial charge in [0.05, 0.1) is 19.3 Å². The van der Waals surface area contributed by atoms with Crippen LogP contribution in [0, 0.1) is 5.82 Å². The zero-order valence-corrected chi connectivity index (χ0v) is 23.0. The summed E-state index contributed by atoms with van der Waals surface area (Å²) in [6.07, 6.45) is 0.265. The van der Waals surface area contributed by atoms with Crippen molar-refractivity contribution in [1.82, 2.24) is 25.7 Å². The van der Waals surface area contributed by atoms with Gasteiger partial charge in [0.25, 0.3) is 17.6 Å². The molecule has 1 saturated heterocycles. The van der Waals surface area contributed by atoms with Gasteiger partial charge < -0.3 is 24.6 Å². The van der Waals surface area contributed by atoms with E-state index in [4.69, 9.17) is 14.0 Å². The molecule has 4 aromatic rings. The normalized spacial score (nSPS) is 14.2. The zero-order chi connectivity index (χ0) is 29.1. The van der Waals surface area contributed by atoms with Crippen LogP contribution in [0.25, 0.3) is 11.1 Å². The van der Waals surface area contributed by atoms with Gasteiger partial charge in [0.2, 0.25) is 5.89 Å². The number of carbonyl (C=O) groups excluding carboxylic acids is 2. The van der Waals surface area contributed by atoms with Gasteiger partial charge in [0.15, 0.2) is 0 Å². The molecule has 3 aromatic carbocycles. The topological polar surface area (TPSA) is 119 Å². The molecule has 2 heterocycles. The average Bonchev–Trinajstić information content (AvgIpc) is 3.51. The van der Waals surface area contributed by atoms with E-state index in [2.05, 4.69) is 25.7 Å². The van der Waals surface area contributed by atoms with Crippen LogP contribution in [-0.2, 0) is 11.2 Å². The molecule has 1 fully saturated rings. The molecule has 1 aromatic heterocycles. The van der Waals surface area contributed by atoms with E-state index < -0.39 is 5.91 Å². The summed E-state index contributed by atoms with van der Waals surface area (Å²) in [5.74, 6) is -0.0790. The predicted octanol–water partition coefficient (Wildman–Crippen LogP) is 3.36. The molecular formula is C31H32FN5O5. The van der Waals surface area contributed by atoms with Gasteiger partial charge in [0.1, 0.15) is 18.2 Å². The van der Waals surface area contributed by atoms with Crippen LogP contribution < -0.4 is 15.4 Å². The minimum atomic E-state index is -0.451. The number of ether oxygens (including phenoxy) is 2. The van der Waals surface area contributed by atoms with E-state index in [1.165, 1.54) is 12.1 Å². The smallest absolute Gasteiger partial charge is 0.292 e. The van der Waals surface area contributed by atoms with Crippen LogP contribution in [0.1, 0.15) is 26.9 Å². The molecule has 1 aliphatic rings. The molecular weight excluding hydrogens is 541 g/mol. The first-order chi connectivity index (χ1) is 20.5. The van der Waals surface area contributed by atoms with Gasteiger partial charge in [-0.05, 0) is 47.5 Å². The van der Waals surface area contributed by atoms with Crippen LogP contribution in [0.5, 0.6) is 5.75 Å². The van der Waals surface area contributed by atoms with Crippen LogP contribution in [0.3, 0.4) is 0 Å². The lowest BCUT2D eigenvalue weighted by molar-refractivity contribution is 0.00641. The second-order valence-corrected chi connectivity index (χ2v) is 9.74. The van der Waals surface area contributed by atoms with Crippen molar-refractivity contribution >= 4 is 11.8 Å². The van der Waals surface area contributed by atoms with Crippen molar-refractivity contribution in [3.8, 4) is 16.9 Å². The molecule has 1 atom stereocenters. The number of aromatic nitrogens is 2. The molecule has 11 heteroatoms. The van der Waals surface area contributed by atoms with E-state index in [-0.39, 0.29) is 42.4 Å². The van der Waals surface area contributed by atoms with Crippen molar-refractivity contribution < 1.29 is 28.0 Å². The lowest BCUT2D eigenvalue weighted by atomic mass is 10.0. The van der Waals surface area contributed by atoms with E-state index in [1.54, 1.807) is 24.3 Å². The molecule has 10 nitrogen and oxygen atoms in total. The van der Waals surface area contributed by atoms with Gasteiger partial charge in [-0.15, -0.1) is 0 Å². The second kappa shape index (κ2) is 14.3. The number of halogens is 1. The van der Waals surface area contributed by atoms with Crippen LogP contribution in [0.2, 0.25) is 0 Å². The summed E-state index contributed by atoms with van der Waals surface area (Å²) < 4.78 is 29.8. The number of benzene rings is 3. The Morgan fingerprint density at radius 2 is 1.60 bits per heavy atom. The standard InChI is InChI=1S/C31H32FN5O5/c32-25-12-10-23(11-13-25)22-6-8-24(9-7-22)30(38)33-15-14-28-35-29(36-42-28)31(39)34-20-26(37-16-18-40-19-17-37)21-41-27-4-2-1-3-5-27/h1-13,26H,14-21H2,(H,33,38)(H,34,39). The number of carbonyl (C=O) groups is 2. The summed E-state index contributed by atoms with van der Waals surface area (Å²) in [6, 6.07) is 22.7. The Kier molecular flexibility index (Phi) is 9.86. The molecule has 0 radical (unpaired) electrons. The minimum Gasteiger partial charge on any atom is -0.492 e. The highest BCUT2D eigenvalue weighted by molar-refractivity contribution is 5.94. The summed E-state index contributed by atoms with van der Waals surface area (Å²) in [7, 11) is 0. The van der Waals surface area contributed by atoms with Gasteiger partial charge in [-0.1, -0.05) is 47.6 Å². The number of para-hydroxylation sites is 1. The number of nitrogens with one attached hydrogen (secondary N) is 2. The fourth-order valence-electron chi connectivity index (χ4n) is 4.52. The molecule has 1 unspecified atom stereocenters. The second-order valence-electron chi connectivity index (χ2n) is 9.74. The number of hydrogen-bond donors (Lipinski definition) is 2. The lowest BCUT2D eigenvalue weighted by Crippen LogP contribution is -2.51. The molecule has 2 N–H and O–H groups in total. The monoisotopic (exact) mass is 573 g/mol. The van der Waals surface area contributed by atoms with Crippen LogP contribution >= 0.6 is 0 Å². The number of nitrogens with zero attached hydrogens (tertiary/aromatic N) is 3. The molecule has 42 heavy (non-hydrogen) atoms. The quantitative estimate of drug-likeness (QED) is 0.265. The Labute approximate surface area is 242 Å². The fraction of sp³-hybridized carbons (Fsp3) is 0.290. The first-order valence-electron chi connectivity index (χ1n) is 13.8. The predicted molar refractivity (Wildman–Crippen MR) is 153 cm³/mol. The molecule has 5 rings (SSSR count). The van der Waals surface area contributed by atoms with Crippen molar-refractivity contribution in [2.75, 3.05) is 46.0 Å². The maximum Gasteiger partial charge on any atom is 0.292 e.